The van der Waals surface area contributed by atoms with Crippen molar-refractivity contribution in [3.8, 4) is 0 Å². The van der Waals surface area contributed by atoms with Gasteiger partial charge in [0.1, 0.15) is 5.76 Å². The van der Waals surface area contributed by atoms with Crippen molar-refractivity contribution in [3.63, 3.8) is 0 Å². The molecular weight excluding hydrogens is 284 g/mol. The second kappa shape index (κ2) is 7.21. The Morgan fingerprint density at radius 3 is 2.50 bits per heavy atom. The van der Waals surface area contributed by atoms with Crippen LogP contribution in [0.4, 0.5) is 0 Å². The zero-order valence-electron chi connectivity index (χ0n) is 12.1. The highest BCUT2D eigenvalue weighted by Crippen LogP contribution is 2.09. The van der Waals surface area contributed by atoms with Crippen molar-refractivity contribution in [2.45, 2.75) is 19.8 Å². The smallest absolute Gasteiger partial charge is 0.303 e. The van der Waals surface area contributed by atoms with E-state index in [1.165, 1.54) is 6.26 Å². The fourth-order valence-electron chi connectivity index (χ4n) is 1.92. The largest absolute Gasteiger partial charge is 0.481 e. The van der Waals surface area contributed by atoms with E-state index in [4.69, 9.17) is 9.52 Å². The van der Waals surface area contributed by atoms with Crippen molar-refractivity contribution in [1.29, 1.82) is 0 Å². The molecular formula is C16H16N2O4. The molecule has 0 fully saturated rings. The Labute approximate surface area is 127 Å². The molecule has 0 aliphatic heterocycles. The summed E-state index contributed by atoms with van der Waals surface area (Å²) in [6.07, 6.45) is 1.59. The molecule has 2 rings (SSSR count). The normalized spacial score (nSPS) is 11.2. The first-order chi connectivity index (χ1) is 10.6. The predicted molar refractivity (Wildman–Crippen MR) is 80.8 cm³/mol. The third-order valence-electron chi connectivity index (χ3n) is 3.08. The number of hydrazone groups is 1. The van der Waals surface area contributed by atoms with Crippen molar-refractivity contribution in [2.24, 2.45) is 5.10 Å². The molecule has 0 saturated heterocycles. The summed E-state index contributed by atoms with van der Waals surface area (Å²) in [6.45, 7) is 1.68. The molecule has 6 heteroatoms. The lowest BCUT2D eigenvalue weighted by Crippen LogP contribution is -2.20. The van der Waals surface area contributed by atoms with Crippen LogP contribution < -0.4 is 5.43 Å². The number of aliphatic carboxylic acids is 1. The summed E-state index contributed by atoms with van der Waals surface area (Å²) < 4.78 is 5.07. The fraction of sp³-hybridized carbons (Fsp3) is 0.188. The number of aryl methyl sites for hydroxylation is 1. The van der Waals surface area contributed by atoms with Gasteiger partial charge in [-0.2, -0.15) is 5.10 Å². The molecule has 2 aromatic rings. The number of carbonyl (C=O) groups is 2. The van der Waals surface area contributed by atoms with Gasteiger partial charge in [0.2, 0.25) is 0 Å². The molecule has 1 aromatic carbocycles. The van der Waals surface area contributed by atoms with E-state index in [-0.39, 0.29) is 12.8 Å². The van der Waals surface area contributed by atoms with Gasteiger partial charge in [-0.15, -0.1) is 0 Å². The van der Waals surface area contributed by atoms with Crippen LogP contribution in [0.3, 0.4) is 0 Å². The number of rotatable bonds is 6. The summed E-state index contributed by atoms with van der Waals surface area (Å²) in [5.74, 6) is -0.810. The minimum Gasteiger partial charge on any atom is -0.481 e. The van der Waals surface area contributed by atoms with Gasteiger partial charge >= 0.3 is 5.97 Å². The molecule has 0 unspecified atom stereocenters. The highest BCUT2D eigenvalue weighted by molar-refractivity contribution is 6.03. The number of carbonyl (C=O) groups excluding carboxylic acids is 1. The maximum absolute atomic E-state index is 12.0. The first-order valence-corrected chi connectivity index (χ1v) is 6.76. The number of hydrogen-bond acceptors (Lipinski definition) is 4. The van der Waals surface area contributed by atoms with E-state index in [0.717, 1.165) is 5.56 Å². The van der Waals surface area contributed by atoms with Gasteiger partial charge in [-0.3, -0.25) is 9.59 Å². The maximum Gasteiger partial charge on any atom is 0.303 e. The molecule has 0 bridgehead atoms. The Hall–Kier alpha value is -2.89. The molecule has 0 aliphatic carbocycles. The number of carboxylic acid groups (broad SMARTS) is 1. The molecule has 0 spiro atoms. The van der Waals surface area contributed by atoms with E-state index in [1.807, 2.05) is 30.3 Å². The topological polar surface area (TPSA) is 91.9 Å². The number of carboxylic acids is 1. The maximum atomic E-state index is 12.0. The molecule has 0 radical (unpaired) electrons. The zero-order valence-corrected chi connectivity index (χ0v) is 12.1. The van der Waals surface area contributed by atoms with Crippen molar-refractivity contribution in [2.75, 3.05) is 0 Å². The van der Waals surface area contributed by atoms with Crippen LogP contribution in [0.1, 0.15) is 34.5 Å². The molecule has 6 nitrogen and oxygen atoms in total. The average Bonchev–Trinajstić information content (AvgIpc) is 2.94. The minimum absolute atomic E-state index is 0.0612. The number of amides is 1. The highest BCUT2D eigenvalue weighted by atomic mass is 16.4. The Morgan fingerprint density at radius 1 is 1.18 bits per heavy atom. The quantitative estimate of drug-likeness (QED) is 0.633. The van der Waals surface area contributed by atoms with Crippen LogP contribution in [0.2, 0.25) is 0 Å². The monoisotopic (exact) mass is 300 g/mol. The second-order valence-corrected chi connectivity index (χ2v) is 4.65. The lowest BCUT2D eigenvalue weighted by Gasteiger charge is -2.06. The van der Waals surface area contributed by atoms with Crippen molar-refractivity contribution >= 4 is 17.6 Å². The number of benzene rings is 1. The van der Waals surface area contributed by atoms with Gasteiger partial charge in [-0.25, -0.2) is 5.43 Å². The molecule has 2 N–H and O–H groups in total. The van der Waals surface area contributed by atoms with Crippen LogP contribution in [0.15, 0.2) is 52.2 Å². The van der Waals surface area contributed by atoms with Gasteiger partial charge < -0.3 is 9.52 Å². The summed E-state index contributed by atoms with van der Waals surface area (Å²) in [6, 6.07) is 10.7. The van der Waals surface area contributed by atoms with E-state index in [9.17, 15) is 9.59 Å². The molecule has 0 atom stereocenters. The first kappa shape index (κ1) is 15.5. The Kier molecular flexibility index (Phi) is 5.08. The van der Waals surface area contributed by atoms with E-state index in [0.29, 0.717) is 17.0 Å². The molecule has 1 aromatic heterocycles. The van der Waals surface area contributed by atoms with Crippen molar-refractivity contribution in [1.82, 2.24) is 5.43 Å². The van der Waals surface area contributed by atoms with Crippen LogP contribution >= 0.6 is 0 Å². The van der Waals surface area contributed by atoms with Gasteiger partial charge in [0.25, 0.3) is 5.91 Å². The van der Waals surface area contributed by atoms with Gasteiger partial charge in [0.05, 0.1) is 24.0 Å². The molecule has 22 heavy (non-hydrogen) atoms. The van der Waals surface area contributed by atoms with E-state index in [1.54, 1.807) is 13.0 Å². The van der Waals surface area contributed by atoms with E-state index < -0.39 is 11.9 Å². The second-order valence-electron chi connectivity index (χ2n) is 4.65. The number of nitrogens with zero attached hydrogens (tertiary/aromatic N) is 1. The van der Waals surface area contributed by atoms with Crippen LogP contribution in [-0.2, 0) is 4.79 Å². The van der Waals surface area contributed by atoms with Gasteiger partial charge in [0.15, 0.2) is 0 Å². The first-order valence-electron chi connectivity index (χ1n) is 6.76. The van der Waals surface area contributed by atoms with Crippen molar-refractivity contribution < 1.29 is 19.1 Å². The number of furan rings is 1. The molecule has 1 heterocycles. The molecule has 1 amide bonds. The summed E-state index contributed by atoms with van der Waals surface area (Å²) in [7, 11) is 0. The Morgan fingerprint density at radius 2 is 1.91 bits per heavy atom. The van der Waals surface area contributed by atoms with Gasteiger partial charge in [-0.1, -0.05) is 30.3 Å². The summed E-state index contributed by atoms with van der Waals surface area (Å²) in [5.41, 5.74) is 4.12. The lowest BCUT2D eigenvalue weighted by molar-refractivity contribution is -0.136. The highest BCUT2D eigenvalue weighted by Gasteiger charge is 2.12. The summed E-state index contributed by atoms with van der Waals surface area (Å²) in [4.78, 5) is 22.8. The number of hydrogen-bond donors (Lipinski definition) is 2. The standard InChI is InChI=1S/C16H16N2O4/c1-11-13(9-10-22-11)16(21)18-17-14(7-8-15(19)20)12-5-3-2-4-6-12/h2-6,9-10H,7-8H2,1H3,(H,18,21)(H,19,20). The third-order valence-corrected chi connectivity index (χ3v) is 3.08. The Balaban J connectivity index is 2.16. The molecule has 0 saturated carbocycles. The van der Waals surface area contributed by atoms with Crippen LogP contribution in [0.25, 0.3) is 0 Å². The van der Waals surface area contributed by atoms with Crippen LogP contribution in [0.5, 0.6) is 0 Å². The summed E-state index contributed by atoms with van der Waals surface area (Å²) >= 11 is 0. The third kappa shape index (κ3) is 4.05. The van der Waals surface area contributed by atoms with Gasteiger partial charge in [0, 0.05) is 6.42 Å². The zero-order chi connectivity index (χ0) is 15.9. The Bertz CT molecular complexity index is 689. The SMILES string of the molecule is Cc1occc1C(=O)NN=C(CCC(=O)O)c1ccccc1. The van der Waals surface area contributed by atoms with Gasteiger partial charge in [-0.05, 0) is 18.6 Å². The molecule has 114 valence electrons. The average molecular weight is 300 g/mol. The molecule has 0 aliphatic rings. The van der Waals surface area contributed by atoms with Crippen molar-refractivity contribution in [3.05, 3.63) is 59.5 Å². The van der Waals surface area contributed by atoms with Crippen LogP contribution in [0, 0.1) is 6.92 Å². The van der Waals surface area contributed by atoms with Crippen LogP contribution in [-0.4, -0.2) is 22.7 Å². The summed E-state index contributed by atoms with van der Waals surface area (Å²) in [5, 5.41) is 12.9. The lowest BCUT2D eigenvalue weighted by atomic mass is 10.1. The fourth-order valence-corrected chi connectivity index (χ4v) is 1.92. The number of nitrogens with one attached hydrogen (secondary N) is 1. The minimum atomic E-state index is -0.916. The van der Waals surface area contributed by atoms with E-state index in [2.05, 4.69) is 10.5 Å². The van der Waals surface area contributed by atoms with E-state index >= 15 is 0 Å². The predicted octanol–water partition coefficient (Wildman–Crippen LogP) is 2.59.